The van der Waals surface area contributed by atoms with Gasteiger partial charge in [-0.25, -0.2) is 0 Å². The number of rotatable bonds is 9. The lowest BCUT2D eigenvalue weighted by Crippen LogP contribution is -2.56. The molecule has 0 aromatic heterocycles. The van der Waals surface area contributed by atoms with Gasteiger partial charge in [-0.1, -0.05) is 27.7 Å². The van der Waals surface area contributed by atoms with E-state index in [0.29, 0.717) is 24.4 Å². The molecule has 0 aromatic carbocycles. The molecule has 17 heavy (non-hydrogen) atoms. The molecule has 0 fully saturated rings. The summed E-state index contributed by atoms with van der Waals surface area (Å²) in [5.74, 6) is 1.26. The Morgan fingerprint density at radius 1 is 1.06 bits per heavy atom. The molecule has 1 unspecified atom stereocenters. The van der Waals surface area contributed by atoms with E-state index < -0.39 is 0 Å². The molecule has 0 spiro atoms. The lowest BCUT2D eigenvalue weighted by Gasteiger charge is -2.39. The highest BCUT2D eigenvalue weighted by atomic mass is 16.3. The van der Waals surface area contributed by atoms with E-state index in [-0.39, 0.29) is 12.1 Å². The lowest BCUT2D eigenvalue weighted by molar-refractivity contribution is 0.190. The summed E-state index contributed by atoms with van der Waals surface area (Å²) >= 11 is 0. The maximum atomic E-state index is 9.00. The van der Waals surface area contributed by atoms with Crippen molar-refractivity contribution in [3.63, 3.8) is 0 Å². The Morgan fingerprint density at radius 2 is 1.53 bits per heavy atom. The minimum Gasteiger partial charge on any atom is -0.396 e. The van der Waals surface area contributed by atoms with Crippen LogP contribution in [0.25, 0.3) is 0 Å². The fraction of sp³-hybridized carbons (Fsp3) is 1.00. The van der Waals surface area contributed by atoms with Gasteiger partial charge < -0.3 is 16.2 Å². The highest BCUT2D eigenvalue weighted by Crippen LogP contribution is 2.25. The molecule has 0 aliphatic heterocycles. The zero-order valence-corrected chi connectivity index (χ0v) is 12.3. The summed E-state index contributed by atoms with van der Waals surface area (Å²) in [5, 5.41) is 12.7. The second kappa shape index (κ2) is 8.06. The maximum absolute atomic E-state index is 9.00. The van der Waals surface area contributed by atoms with E-state index in [0.717, 1.165) is 19.3 Å². The summed E-state index contributed by atoms with van der Waals surface area (Å²) in [6, 6.07) is 0.320. The molecule has 0 saturated heterocycles. The van der Waals surface area contributed by atoms with Crippen LogP contribution in [0.4, 0.5) is 0 Å². The van der Waals surface area contributed by atoms with Gasteiger partial charge in [0.05, 0.1) is 0 Å². The number of hydrogen-bond acceptors (Lipinski definition) is 3. The van der Waals surface area contributed by atoms with Crippen molar-refractivity contribution in [2.24, 2.45) is 17.6 Å². The summed E-state index contributed by atoms with van der Waals surface area (Å²) in [4.78, 5) is 0. The van der Waals surface area contributed by atoms with E-state index >= 15 is 0 Å². The zero-order chi connectivity index (χ0) is 13.5. The van der Waals surface area contributed by atoms with Gasteiger partial charge in [-0.3, -0.25) is 0 Å². The third-order valence-electron chi connectivity index (χ3n) is 3.10. The van der Waals surface area contributed by atoms with E-state index in [1.807, 2.05) is 0 Å². The van der Waals surface area contributed by atoms with Gasteiger partial charge in [0.1, 0.15) is 0 Å². The second-order valence-corrected chi connectivity index (χ2v) is 6.24. The van der Waals surface area contributed by atoms with Crippen LogP contribution >= 0.6 is 0 Å². The van der Waals surface area contributed by atoms with Crippen LogP contribution in [-0.4, -0.2) is 29.8 Å². The van der Waals surface area contributed by atoms with Crippen LogP contribution in [0.15, 0.2) is 0 Å². The van der Waals surface area contributed by atoms with Gasteiger partial charge in [0.25, 0.3) is 0 Å². The minimum atomic E-state index is 0.0247. The lowest BCUT2D eigenvalue weighted by atomic mass is 9.81. The molecular weight excluding hydrogens is 212 g/mol. The average Bonchev–Trinajstić information content (AvgIpc) is 2.15. The third kappa shape index (κ3) is 7.02. The number of aliphatic hydroxyl groups is 1. The Labute approximate surface area is 107 Å². The van der Waals surface area contributed by atoms with Gasteiger partial charge in [0.15, 0.2) is 0 Å². The van der Waals surface area contributed by atoms with Gasteiger partial charge in [-0.15, -0.1) is 0 Å². The van der Waals surface area contributed by atoms with E-state index in [1.165, 1.54) is 0 Å². The van der Waals surface area contributed by atoms with Crippen molar-refractivity contribution in [3.05, 3.63) is 0 Å². The molecular formula is C14H32N2O. The Bertz CT molecular complexity index is 183. The molecule has 0 aliphatic carbocycles. The largest absolute Gasteiger partial charge is 0.396 e. The van der Waals surface area contributed by atoms with Crippen molar-refractivity contribution >= 4 is 0 Å². The van der Waals surface area contributed by atoms with Crippen LogP contribution in [0, 0.1) is 11.8 Å². The summed E-state index contributed by atoms with van der Waals surface area (Å²) in [7, 11) is 0. The first kappa shape index (κ1) is 16.9. The Morgan fingerprint density at radius 3 is 1.82 bits per heavy atom. The molecule has 0 bridgehead atoms. The van der Waals surface area contributed by atoms with E-state index in [1.54, 1.807) is 0 Å². The van der Waals surface area contributed by atoms with Crippen LogP contribution in [-0.2, 0) is 0 Å². The predicted octanol–water partition coefficient (Wildman–Crippen LogP) is 2.14. The number of aliphatic hydroxyl groups excluding tert-OH is 1. The van der Waals surface area contributed by atoms with Gasteiger partial charge in [-0.2, -0.15) is 0 Å². The van der Waals surface area contributed by atoms with Crippen LogP contribution in [0.5, 0.6) is 0 Å². The molecule has 0 amide bonds. The molecule has 1 atom stereocenters. The molecule has 0 aromatic rings. The minimum absolute atomic E-state index is 0.0247. The Kier molecular flexibility index (Phi) is 8.01. The first-order chi connectivity index (χ1) is 7.85. The molecule has 0 heterocycles. The molecule has 0 saturated carbocycles. The normalized spacial score (nSPS) is 14.6. The molecule has 3 heteroatoms. The molecule has 3 nitrogen and oxygen atoms in total. The van der Waals surface area contributed by atoms with Crippen LogP contribution in [0.1, 0.15) is 53.9 Å². The molecule has 104 valence electrons. The van der Waals surface area contributed by atoms with Gasteiger partial charge in [-0.05, 0) is 38.0 Å². The van der Waals surface area contributed by atoms with Crippen LogP contribution < -0.4 is 11.1 Å². The Hall–Kier alpha value is -0.120. The summed E-state index contributed by atoms with van der Waals surface area (Å²) in [5.41, 5.74) is 6.05. The third-order valence-corrected chi connectivity index (χ3v) is 3.10. The van der Waals surface area contributed by atoms with Gasteiger partial charge in [0.2, 0.25) is 0 Å². The first-order valence-corrected chi connectivity index (χ1v) is 6.94. The van der Waals surface area contributed by atoms with Crippen molar-refractivity contribution < 1.29 is 5.11 Å². The molecule has 0 radical (unpaired) electrons. The molecule has 0 aliphatic rings. The zero-order valence-electron chi connectivity index (χ0n) is 12.3. The quantitative estimate of drug-likeness (QED) is 0.582. The first-order valence-electron chi connectivity index (χ1n) is 6.94. The van der Waals surface area contributed by atoms with Crippen molar-refractivity contribution in [2.75, 3.05) is 13.2 Å². The topological polar surface area (TPSA) is 58.3 Å². The summed E-state index contributed by atoms with van der Waals surface area (Å²) in [6.45, 7) is 12.0. The van der Waals surface area contributed by atoms with Crippen LogP contribution in [0.3, 0.4) is 0 Å². The summed E-state index contributed by atoms with van der Waals surface area (Å²) < 4.78 is 0. The Balaban J connectivity index is 4.65. The van der Waals surface area contributed by atoms with E-state index in [4.69, 9.17) is 10.8 Å². The smallest absolute Gasteiger partial charge is 0.0445 e. The van der Waals surface area contributed by atoms with E-state index in [9.17, 15) is 0 Å². The van der Waals surface area contributed by atoms with Crippen LogP contribution in [0.2, 0.25) is 0 Å². The standard InChI is InChI=1S/C14H32N2O/c1-11(2)8-14(10-15,9-12(3)4)16-13(5)6-7-17/h11-13,16-17H,6-10,15H2,1-5H3. The fourth-order valence-corrected chi connectivity index (χ4v) is 2.78. The highest BCUT2D eigenvalue weighted by molar-refractivity contribution is 4.92. The van der Waals surface area contributed by atoms with Crippen molar-refractivity contribution in [3.8, 4) is 0 Å². The average molecular weight is 244 g/mol. The van der Waals surface area contributed by atoms with Gasteiger partial charge >= 0.3 is 0 Å². The highest BCUT2D eigenvalue weighted by Gasteiger charge is 2.31. The fourth-order valence-electron chi connectivity index (χ4n) is 2.78. The SMILES string of the molecule is CC(C)CC(CN)(CC(C)C)NC(C)CCO. The monoisotopic (exact) mass is 244 g/mol. The predicted molar refractivity (Wildman–Crippen MR) is 75.0 cm³/mol. The van der Waals surface area contributed by atoms with E-state index in [2.05, 4.69) is 39.9 Å². The molecule has 4 N–H and O–H groups in total. The number of nitrogens with one attached hydrogen (secondary N) is 1. The van der Waals surface area contributed by atoms with Crippen molar-refractivity contribution in [2.45, 2.75) is 65.5 Å². The number of hydrogen-bond donors (Lipinski definition) is 3. The molecule has 0 rings (SSSR count). The van der Waals surface area contributed by atoms with Crippen molar-refractivity contribution in [1.82, 2.24) is 5.32 Å². The van der Waals surface area contributed by atoms with Crippen molar-refractivity contribution in [1.29, 1.82) is 0 Å². The summed E-state index contributed by atoms with van der Waals surface area (Å²) in [6.07, 6.45) is 2.98. The second-order valence-electron chi connectivity index (χ2n) is 6.24. The number of nitrogens with two attached hydrogens (primary N) is 1. The van der Waals surface area contributed by atoms with Gasteiger partial charge in [0, 0.05) is 24.7 Å². The maximum Gasteiger partial charge on any atom is 0.0445 e.